The Labute approximate surface area is 129 Å². The summed E-state index contributed by atoms with van der Waals surface area (Å²) in [4.78, 5) is 30.7. The summed E-state index contributed by atoms with van der Waals surface area (Å²) >= 11 is 0. The molecule has 0 radical (unpaired) electrons. The number of amides is 1. The van der Waals surface area contributed by atoms with E-state index in [1.165, 1.54) is 5.56 Å². The third kappa shape index (κ3) is 4.28. The minimum atomic E-state index is -0.156. The van der Waals surface area contributed by atoms with Crippen molar-refractivity contribution >= 4 is 5.91 Å². The molecule has 0 saturated carbocycles. The highest BCUT2D eigenvalue weighted by Crippen LogP contribution is 2.04. The normalized spacial score (nSPS) is 10.5. The van der Waals surface area contributed by atoms with Crippen molar-refractivity contribution in [3.05, 3.63) is 62.8 Å². The minimum absolute atomic E-state index is 0.0695. The zero-order chi connectivity index (χ0) is 16.1. The predicted molar refractivity (Wildman–Crippen MR) is 85.7 cm³/mol. The Morgan fingerprint density at radius 3 is 2.50 bits per heavy atom. The lowest BCUT2D eigenvalue weighted by Crippen LogP contribution is -2.25. The number of hydrogen-bond acceptors (Lipinski definition) is 3. The van der Waals surface area contributed by atoms with E-state index in [0.717, 1.165) is 5.56 Å². The number of nitrogens with zero attached hydrogens (tertiary/aromatic N) is 1. The molecule has 0 atom stereocenters. The van der Waals surface area contributed by atoms with Crippen molar-refractivity contribution in [2.24, 2.45) is 0 Å². The number of aromatic nitrogens is 2. The van der Waals surface area contributed by atoms with Crippen molar-refractivity contribution in [1.29, 1.82) is 0 Å². The van der Waals surface area contributed by atoms with E-state index in [1.54, 1.807) is 13.8 Å². The van der Waals surface area contributed by atoms with Gasteiger partial charge < -0.3 is 10.3 Å². The molecule has 2 aromatic rings. The number of H-pyrrole nitrogens is 1. The van der Waals surface area contributed by atoms with Gasteiger partial charge >= 0.3 is 0 Å². The topological polar surface area (TPSA) is 74.8 Å². The zero-order valence-corrected chi connectivity index (χ0v) is 13.2. The van der Waals surface area contributed by atoms with Gasteiger partial charge in [-0.25, -0.2) is 4.98 Å². The summed E-state index contributed by atoms with van der Waals surface area (Å²) in [7, 11) is 0. The number of carbonyl (C=O) groups excluding carboxylic acids is 1. The molecule has 2 N–H and O–H groups in total. The summed E-state index contributed by atoms with van der Waals surface area (Å²) in [5.41, 5.74) is 3.36. The molecule has 1 amide bonds. The van der Waals surface area contributed by atoms with Gasteiger partial charge in [0.05, 0.1) is 0 Å². The van der Waals surface area contributed by atoms with Crippen molar-refractivity contribution in [1.82, 2.24) is 15.3 Å². The standard InChI is InChI=1S/C17H21N3O2/c1-11-4-6-14(7-5-11)10-18-16(21)9-8-15-12(2)19-13(3)20-17(15)22/h4-7H,8-10H2,1-3H3,(H,18,21)(H,19,20,22). The third-order valence-corrected chi connectivity index (χ3v) is 3.55. The summed E-state index contributed by atoms with van der Waals surface area (Å²) in [6.45, 7) is 6.06. The lowest BCUT2D eigenvalue weighted by molar-refractivity contribution is -0.121. The lowest BCUT2D eigenvalue weighted by Gasteiger charge is -2.07. The molecule has 1 aromatic heterocycles. The van der Waals surface area contributed by atoms with E-state index >= 15 is 0 Å². The van der Waals surface area contributed by atoms with Gasteiger partial charge in [-0.3, -0.25) is 9.59 Å². The molecule has 116 valence electrons. The summed E-state index contributed by atoms with van der Waals surface area (Å²) in [5.74, 6) is 0.523. The number of carbonyl (C=O) groups is 1. The Bertz CT molecular complexity index is 718. The second kappa shape index (κ2) is 7.02. The molecular formula is C17H21N3O2. The monoisotopic (exact) mass is 299 g/mol. The van der Waals surface area contributed by atoms with Crippen LogP contribution in [-0.4, -0.2) is 15.9 Å². The first-order valence-electron chi connectivity index (χ1n) is 7.34. The average Bonchev–Trinajstić information content (AvgIpc) is 2.45. The van der Waals surface area contributed by atoms with Crippen LogP contribution in [0, 0.1) is 20.8 Å². The predicted octanol–water partition coefficient (Wildman–Crippen LogP) is 1.94. The zero-order valence-electron chi connectivity index (χ0n) is 13.2. The van der Waals surface area contributed by atoms with Crippen LogP contribution in [0.2, 0.25) is 0 Å². The van der Waals surface area contributed by atoms with Crippen molar-refractivity contribution < 1.29 is 4.79 Å². The highest BCUT2D eigenvalue weighted by molar-refractivity contribution is 5.76. The quantitative estimate of drug-likeness (QED) is 0.886. The summed E-state index contributed by atoms with van der Waals surface area (Å²) < 4.78 is 0. The number of rotatable bonds is 5. The van der Waals surface area contributed by atoms with Gasteiger partial charge in [-0.2, -0.15) is 0 Å². The highest BCUT2D eigenvalue weighted by Gasteiger charge is 2.09. The Balaban J connectivity index is 1.88. The molecule has 2 rings (SSSR count). The van der Waals surface area contributed by atoms with Crippen LogP contribution < -0.4 is 10.9 Å². The molecule has 0 aliphatic carbocycles. The van der Waals surface area contributed by atoms with E-state index in [0.29, 0.717) is 30.0 Å². The Hall–Kier alpha value is -2.43. The van der Waals surface area contributed by atoms with Crippen molar-refractivity contribution in [3.63, 3.8) is 0 Å². The fraction of sp³-hybridized carbons (Fsp3) is 0.353. The average molecular weight is 299 g/mol. The molecule has 0 spiro atoms. The van der Waals surface area contributed by atoms with Crippen molar-refractivity contribution in [2.75, 3.05) is 0 Å². The molecule has 0 aliphatic heterocycles. The van der Waals surface area contributed by atoms with Crippen molar-refractivity contribution in [2.45, 2.75) is 40.2 Å². The molecular weight excluding hydrogens is 278 g/mol. The van der Waals surface area contributed by atoms with Crippen LogP contribution in [0.5, 0.6) is 0 Å². The molecule has 1 heterocycles. The van der Waals surface area contributed by atoms with Crippen LogP contribution in [0.1, 0.15) is 34.6 Å². The van der Waals surface area contributed by atoms with Crippen LogP contribution in [0.25, 0.3) is 0 Å². The lowest BCUT2D eigenvalue weighted by atomic mass is 10.1. The van der Waals surface area contributed by atoms with E-state index in [2.05, 4.69) is 15.3 Å². The number of aromatic amines is 1. The molecule has 5 heteroatoms. The van der Waals surface area contributed by atoms with E-state index in [1.807, 2.05) is 31.2 Å². The van der Waals surface area contributed by atoms with Gasteiger partial charge in [0.15, 0.2) is 0 Å². The second-order valence-corrected chi connectivity index (χ2v) is 5.48. The smallest absolute Gasteiger partial charge is 0.254 e. The molecule has 0 aliphatic rings. The van der Waals surface area contributed by atoms with Gasteiger partial charge in [0, 0.05) is 24.2 Å². The molecule has 0 saturated heterocycles. The van der Waals surface area contributed by atoms with E-state index in [-0.39, 0.29) is 17.9 Å². The third-order valence-electron chi connectivity index (χ3n) is 3.55. The van der Waals surface area contributed by atoms with Gasteiger partial charge in [0.2, 0.25) is 5.91 Å². The van der Waals surface area contributed by atoms with Crippen LogP contribution in [0.4, 0.5) is 0 Å². The van der Waals surface area contributed by atoms with Crippen LogP contribution in [0.15, 0.2) is 29.1 Å². The first kappa shape index (κ1) is 15.9. The van der Waals surface area contributed by atoms with Crippen LogP contribution in [-0.2, 0) is 17.8 Å². The number of aryl methyl sites for hydroxylation is 3. The molecule has 1 aromatic carbocycles. The maximum Gasteiger partial charge on any atom is 0.254 e. The summed E-state index contributed by atoms with van der Waals surface area (Å²) in [6, 6.07) is 8.02. The second-order valence-electron chi connectivity index (χ2n) is 5.48. The maximum absolute atomic E-state index is 11.9. The fourth-order valence-electron chi connectivity index (χ4n) is 2.28. The van der Waals surface area contributed by atoms with E-state index in [4.69, 9.17) is 0 Å². The minimum Gasteiger partial charge on any atom is -0.352 e. The summed E-state index contributed by atoms with van der Waals surface area (Å²) in [6.07, 6.45) is 0.675. The SMILES string of the molecule is Cc1ccc(CNC(=O)CCc2c(C)nc(C)[nH]c2=O)cc1. The molecule has 0 fully saturated rings. The molecule has 0 unspecified atom stereocenters. The van der Waals surface area contributed by atoms with Crippen LogP contribution in [0.3, 0.4) is 0 Å². The first-order chi connectivity index (χ1) is 10.5. The largest absolute Gasteiger partial charge is 0.352 e. The molecule has 5 nitrogen and oxygen atoms in total. The van der Waals surface area contributed by atoms with Gasteiger partial charge in [0.1, 0.15) is 5.82 Å². The first-order valence-corrected chi connectivity index (χ1v) is 7.34. The molecule has 0 bridgehead atoms. The van der Waals surface area contributed by atoms with E-state index < -0.39 is 0 Å². The van der Waals surface area contributed by atoms with Crippen LogP contribution >= 0.6 is 0 Å². The van der Waals surface area contributed by atoms with Crippen molar-refractivity contribution in [3.8, 4) is 0 Å². The van der Waals surface area contributed by atoms with E-state index in [9.17, 15) is 9.59 Å². The van der Waals surface area contributed by atoms with Gasteiger partial charge in [-0.1, -0.05) is 29.8 Å². The molecule has 22 heavy (non-hydrogen) atoms. The highest BCUT2D eigenvalue weighted by atomic mass is 16.1. The number of nitrogens with one attached hydrogen (secondary N) is 2. The number of benzene rings is 1. The summed E-state index contributed by atoms with van der Waals surface area (Å²) in [5, 5.41) is 2.87. The Morgan fingerprint density at radius 2 is 1.86 bits per heavy atom. The number of hydrogen-bond donors (Lipinski definition) is 2. The van der Waals surface area contributed by atoms with Gasteiger partial charge in [0.25, 0.3) is 5.56 Å². The van der Waals surface area contributed by atoms with Gasteiger partial charge in [-0.05, 0) is 32.8 Å². The Morgan fingerprint density at radius 1 is 1.18 bits per heavy atom. The fourth-order valence-corrected chi connectivity index (χ4v) is 2.28. The Kier molecular flexibility index (Phi) is 5.09. The maximum atomic E-state index is 11.9. The van der Waals surface area contributed by atoms with Gasteiger partial charge in [-0.15, -0.1) is 0 Å².